The number of likely N-dealkylation sites (N-methyl/N-ethyl adjacent to an activating group) is 1. The molecule has 4 nitrogen and oxygen atoms in total. The Balaban J connectivity index is 1.57. The normalized spacial score (nSPS) is 17.8. The van der Waals surface area contributed by atoms with E-state index in [9.17, 15) is 4.79 Å². The van der Waals surface area contributed by atoms with Gasteiger partial charge in [-0.2, -0.15) is 4.58 Å². The Morgan fingerprint density at radius 1 is 0.841 bits per heavy atom. The Bertz CT molecular complexity index is 1650. The van der Waals surface area contributed by atoms with Gasteiger partial charge in [0.15, 0.2) is 5.71 Å². The standard InChI is InChI=1S/C40H47N3O/c1-8-11-28-41-38(44)31-22-20-29(21-23-31)30(24-26-36-39(4,5)32-16-12-14-18-34(32)42(36)9-2)25-27-37-40(6,7)33-17-13-15-19-35(33)43(37)10-3/h12-27H,8-11,28H2,1-7H3/p+1. The molecule has 0 saturated carbocycles. The zero-order valence-corrected chi connectivity index (χ0v) is 27.6. The number of hydrogen-bond acceptors (Lipinski definition) is 2. The van der Waals surface area contributed by atoms with Crippen LogP contribution in [0.25, 0.3) is 5.57 Å². The van der Waals surface area contributed by atoms with Gasteiger partial charge in [-0.1, -0.05) is 81.8 Å². The van der Waals surface area contributed by atoms with Crippen LogP contribution in [-0.4, -0.2) is 35.8 Å². The highest BCUT2D eigenvalue weighted by Gasteiger charge is 2.43. The fourth-order valence-corrected chi connectivity index (χ4v) is 6.84. The molecule has 0 atom stereocenters. The lowest BCUT2D eigenvalue weighted by molar-refractivity contribution is -0.433. The summed E-state index contributed by atoms with van der Waals surface area (Å²) in [6.45, 7) is 18.3. The molecule has 0 fully saturated rings. The summed E-state index contributed by atoms with van der Waals surface area (Å²) in [6, 6.07) is 25.5. The molecule has 5 rings (SSSR count). The Hall–Kier alpha value is -4.18. The number of allylic oxidation sites excluding steroid dienone is 6. The molecule has 4 heteroatoms. The van der Waals surface area contributed by atoms with Gasteiger partial charge in [0.1, 0.15) is 6.54 Å². The van der Waals surface area contributed by atoms with Crippen molar-refractivity contribution in [1.29, 1.82) is 0 Å². The van der Waals surface area contributed by atoms with Crippen LogP contribution in [0.15, 0.2) is 103 Å². The summed E-state index contributed by atoms with van der Waals surface area (Å²) in [6.07, 6.45) is 11.1. The molecule has 228 valence electrons. The molecule has 3 aromatic carbocycles. The first kappa shape index (κ1) is 31.3. The van der Waals surface area contributed by atoms with Crippen LogP contribution in [0.5, 0.6) is 0 Å². The number of para-hydroxylation sites is 2. The van der Waals surface area contributed by atoms with Gasteiger partial charge in [-0.3, -0.25) is 4.79 Å². The summed E-state index contributed by atoms with van der Waals surface area (Å²) in [5.74, 6) is -0.0168. The lowest BCUT2D eigenvalue weighted by Crippen LogP contribution is -2.27. The van der Waals surface area contributed by atoms with Crippen LogP contribution < -0.4 is 10.2 Å². The lowest BCUT2D eigenvalue weighted by Gasteiger charge is -2.26. The first-order valence-corrected chi connectivity index (χ1v) is 16.3. The fourth-order valence-electron chi connectivity index (χ4n) is 6.84. The number of hydrogen-bond donors (Lipinski definition) is 1. The number of benzene rings is 3. The van der Waals surface area contributed by atoms with E-state index in [0.29, 0.717) is 12.1 Å². The van der Waals surface area contributed by atoms with Crippen molar-refractivity contribution < 1.29 is 9.37 Å². The maximum absolute atomic E-state index is 12.7. The van der Waals surface area contributed by atoms with Gasteiger partial charge < -0.3 is 10.2 Å². The van der Waals surface area contributed by atoms with Crippen LogP contribution in [0.3, 0.4) is 0 Å². The second-order valence-electron chi connectivity index (χ2n) is 12.9. The third kappa shape index (κ3) is 5.70. The van der Waals surface area contributed by atoms with Crippen LogP contribution in [0, 0.1) is 0 Å². The number of anilines is 1. The predicted octanol–water partition coefficient (Wildman–Crippen LogP) is 8.95. The smallest absolute Gasteiger partial charge is 0.251 e. The van der Waals surface area contributed by atoms with Gasteiger partial charge in [0.05, 0.1) is 5.41 Å². The van der Waals surface area contributed by atoms with Crippen LogP contribution in [0.4, 0.5) is 11.4 Å². The van der Waals surface area contributed by atoms with Gasteiger partial charge in [-0.15, -0.1) is 0 Å². The third-order valence-corrected chi connectivity index (χ3v) is 9.37. The highest BCUT2D eigenvalue weighted by molar-refractivity contribution is 6.04. The van der Waals surface area contributed by atoms with E-state index in [2.05, 4.69) is 148 Å². The first-order valence-electron chi connectivity index (χ1n) is 16.3. The van der Waals surface area contributed by atoms with E-state index >= 15 is 0 Å². The molecule has 0 saturated heterocycles. The van der Waals surface area contributed by atoms with Gasteiger partial charge in [0, 0.05) is 53.2 Å². The Morgan fingerprint density at radius 3 is 2.18 bits per heavy atom. The minimum atomic E-state index is -0.110. The lowest BCUT2D eigenvalue weighted by atomic mass is 9.81. The molecule has 1 amide bonds. The van der Waals surface area contributed by atoms with Crippen LogP contribution >= 0.6 is 0 Å². The van der Waals surface area contributed by atoms with Gasteiger partial charge in [0.2, 0.25) is 5.69 Å². The Labute approximate surface area is 264 Å². The monoisotopic (exact) mass is 586 g/mol. The largest absolute Gasteiger partial charge is 0.352 e. The van der Waals surface area contributed by atoms with Crippen molar-refractivity contribution in [3.63, 3.8) is 0 Å². The van der Waals surface area contributed by atoms with E-state index in [1.54, 1.807) is 0 Å². The number of rotatable bonds is 10. The van der Waals surface area contributed by atoms with Crippen molar-refractivity contribution in [2.75, 3.05) is 24.5 Å². The van der Waals surface area contributed by atoms with Gasteiger partial charge in [-0.25, -0.2) is 0 Å². The number of nitrogens with one attached hydrogen (secondary N) is 1. The van der Waals surface area contributed by atoms with Crippen molar-refractivity contribution in [1.82, 2.24) is 5.32 Å². The van der Waals surface area contributed by atoms with Gasteiger partial charge in [0.25, 0.3) is 5.91 Å². The molecule has 2 aliphatic heterocycles. The number of unbranched alkanes of at least 4 members (excludes halogenated alkanes) is 1. The number of carbonyl (C=O) groups excluding carboxylic acids is 1. The summed E-state index contributed by atoms with van der Waals surface area (Å²) in [5.41, 5.74) is 10.5. The van der Waals surface area contributed by atoms with E-state index in [4.69, 9.17) is 0 Å². The van der Waals surface area contributed by atoms with Crippen molar-refractivity contribution in [2.24, 2.45) is 0 Å². The van der Waals surface area contributed by atoms with Crippen LogP contribution in [0.2, 0.25) is 0 Å². The van der Waals surface area contributed by atoms with E-state index < -0.39 is 0 Å². The van der Waals surface area contributed by atoms with E-state index in [0.717, 1.165) is 37.1 Å². The molecule has 0 bridgehead atoms. The SMILES string of the molecule is CCCCNC(=O)c1ccc(C(=C\C=C2\N(CC)c3ccccc3C2(C)C)/C=C/C2=[N+](CC)c3ccccc3C2(C)C)cc1. The zero-order chi connectivity index (χ0) is 31.5. The van der Waals surface area contributed by atoms with E-state index in [-0.39, 0.29) is 16.7 Å². The van der Waals surface area contributed by atoms with Crippen LogP contribution in [0.1, 0.15) is 88.4 Å². The topological polar surface area (TPSA) is 35.4 Å². The number of carbonyl (C=O) groups is 1. The quantitative estimate of drug-likeness (QED) is 0.146. The first-order chi connectivity index (χ1) is 21.1. The second-order valence-corrected chi connectivity index (χ2v) is 12.9. The Kier molecular flexibility index (Phi) is 9.10. The maximum atomic E-state index is 12.7. The zero-order valence-electron chi connectivity index (χ0n) is 27.6. The fraction of sp³-hybridized carbons (Fsp3) is 0.350. The molecule has 0 aromatic heterocycles. The highest BCUT2D eigenvalue weighted by atomic mass is 16.1. The molecular formula is C40H48N3O+. The molecular weight excluding hydrogens is 538 g/mol. The molecule has 1 N–H and O–H groups in total. The predicted molar refractivity (Wildman–Crippen MR) is 186 cm³/mol. The number of fused-ring (bicyclic) bond motifs is 2. The average Bonchev–Trinajstić information content (AvgIpc) is 3.39. The summed E-state index contributed by atoms with van der Waals surface area (Å²) in [5, 5.41) is 3.04. The molecule has 2 heterocycles. The molecule has 0 aliphatic carbocycles. The molecule has 0 radical (unpaired) electrons. The maximum Gasteiger partial charge on any atom is 0.251 e. The van der Waals surface area contributed by atoms with Crippen LogP contribution in [-0.2, 0) is 10.8 Å². The van der Waals surface area contributed by atoms with E-state index in [1.165, 1.54) is 33.9 Å². The van der Waals surface area contributed by atoms with E-state index in [1.807, 2.05) is 12.1 Å². The summed E-state index contributed by atoms with van der Waals surface area (Å²) in [7, 11) is 0. The summed E-state index contributed by atoms with van der Waals surface area (Å²) >= 11 is 0. The molecule has 3 aromatic rings. The summed E-state index contributed by atoms with van der Waals surface area (Å²) in [4.78, 5) is 15.2. The number of amides is 1. The average molecular weight is 587 g/mol. The molecule has 0 unspecified atom stereocenters. The van der Waals surface area contributed by atoms with Crippen molar-refractivity contribution in [2.45, 2.75) is 72.1 Å². The van der Waals surface area contributed by atoms with Gasteiger partial charge in [-0.05, 0) is 81.2 Å². The van der Waals surface area contributed by atoms with Crippen molar-refractivity contribution in [3.05, 3.63) is 125 Å². The highest BCUT2D eigenvalue weighted by Crippen LogP contribution is 2.47. The molecule has 2 aliphatic rings. The minimum absolute atomic E-state index is 0.0168. The van der Waals surface area contributed by atoms with Crippen molar-refractivity contribution >= 4 is 28.6 Å². The van der Waals surface area contributed by atoms with Crippen molar-refractivity contribution in [3.8, 4) is 0 Å². The van der Waals surface area contributed by atoms with Gasteiger partial charge >= 0.3 is 0 Å². The summed E-state index contributed by atoms with van der Waals surface area (Å²) < 4.78 is 2.43. The molecule has 0 spiro atoms. The number of nitrogens with zero attached hydrogens (tertiary/aromatic N) is 2. The second kappa shape index (κ2) is 12.8. The Morgan fingerprint density at radius 2 is 1.50 bits per heavy atom. The minimum Gasteiger partial charge on any atom is -0.352 e. The molecule has 44 heavy (non-hydrogen) atoms. The third-order valence-electron chi connectivity index (χ3n) is 9.37.